The number of benzene rings is 1. The zero-order valence-corrected chi connectivity index (χ0v) is 12.9. The first-order valence-corrected chi connectivity index (χ1v) is 8.08. The molecule has 6 heteroatoms. The summed E-state index contributed by atoms with van der Waals surface area (Å²) in [7, 11) is -1.90. The van der Waals surface area contributed by atoms with Crippen LogP contribution in [-0.2, 0) is 10.2 Å². The van der Waals surface area contributed by atoms with E-state index in [1.807, 2.05) is 13.0 Å². The predicted molar refractivity (Wildman–Crippen MR) is 79.2 cm³/mol. The molecule has 5 nitrogen and oxygen atoms in total. The Hall–Kier alpha value is -1.42. The first kappa shape index (κ1) is 16.6. The molecule has 1 aromatic carbocycles. The summed E-state index contributed by atoms with van der Waals surface area (Å²) in [5, 5.41) is 8.74. The molecule has 0 radical (unpaired) electrons. The predicted octanol–water partition coefficient (Wildman–Crippen LogP) is 2.19. The molecule has 1 unspecified atom stereocenters. The van der Waals surface area contributed by atoms with Gasteiger partial charge in [0.2, 0.25) is 0 Å². The average Bonchev–Trinajstić information content (AvgIpc) is 2.44. The van der Waals surface area contributed by atoms with Crippen LogP contribution in [0.25, 0.3) is 0 Å². The third-order valence-corrected chi connectivity index (χ3v) is 4.76. The molecule has 0 bridgehead atoms. The van der Waals surface area contributed by atoms with Gasteiger partial charge in [-0.1, -0.05) is 25.5 Å². The van der Waals surface area contributed by atoms with Crippen LogP contribution in [0.3, 0.4) is 0 Å². The van der Waals surface area contributed by atoms with E-state index in [2.05, 4.69) is 4.72 Å². The highest BCUT2D eigenvalue weighted by atomic mass is 32.2. The van der Waals surface area contributed by atoms with Gasteiger partial charge in [0.1, 0.15) is 0 Å². The number of nitrogens with one attached hydrogen (secondary N) is 1. The van der Waals surface area contributed by atoms with Crippen LogP contribution < -0.4 is 4.72 Å². The molecule has 0 fully saturated rings. The third kappa shape index (κ3) is 4.60. The summed E-state index contributed by atoms with van der Waals surface area (Å²) in [5.74, 6) is 0. The van der Waals surface area contributed by atoms with E-state index in [1.165, 1.54) is 4.31 Å². The molecule has 20 heavy (non-hydrogen) atoms. The lowest BCUT2D eigenvalue weighted by molar-refractivity contribution is 0.442. The third-order valence-electron chi connectivity index (χ3n) is 3.10. The Labute approximate surface area is 121 Å². The molecular weight excluding hydrogens is 274 g/mol. The van der Waals surface area contributed by atoms with Gasteiger partial charge in [0.25, 0.3) is 10.2 Å². The first-order chi connectivity index (χ1) is 9.40. The molecule has 0 aliphatic heterocycles. The normalized spacial score (nSPS) is 13.2. The summed E-state index contributed by atoms with van der Waals surface area (Å²) in [6.45, 7) is 4.31. The van der Waals surface area contributed by atoms with Crippen LogP contribution >= 0.6 is 0 Å². The second-order valence-electron chi connectivity index (χ2n) is 4.75. The fraction of sp³-hybridized carbons (Fsp3) is 0.500. The van der Waals surface area contributed by atoms with Crippen LogP contribution in [-0.4, -0.2) is 26.3 Å². The summed E-state index contributed by atoms with van der Waals surface area (Å²) < 4.78 is 28.2. The van der Waals surface area contributed by atoms with E-state index in [0.717, 1.165) is 18.4 Å². The number of hydrogen-bond acceptors (Lipinski definition) is 3. The minimum absolute atomic E-state index is 0.336. The number of rotatable bonds is 7. The quantitative estimate of drug-likeness (QED) is 0.838. The molecule has 0 heterocycles. The van der Waals surface area contributed by atoms with E-state index >= 15 is 0 Å². The Balaban J connectivity index is 2.73. The second-order valence-corrected chi connectivity index (χ2v) is 6.56. The van der Waals surface area contributed by atoms with E-state index in [-0.39, 0.29) is 6.04 Å². The van der Waals surface area contributed by atoms with Gasteiger partial charge in [0.05, 0.1) is 11.6 Å². The Morgan fingerprint density at radius 3 is 2.45 bits per heavy atom. The Morgan fingerprint density at radius 1 is 1.35 bits per heavy atom. The van der Waals surface area contributed by atoms with Gasteiger partial charge in [-0.2, -0.15) is 22.7 Å². The van der Waals surface area contributed by atoms with Crippen LogP contribution in [0.5, 0.6) is 0 Å². The maximum Gasteiger partial charge on any atom is 0.279 e. The van der Waals surface area contributed by atoms with Crippen LogP contribution in [0, 0.1) is 11.3 Å². The maximum atomic E-state index is 12.1. The monoisotopic (exact) mass is 295 g/mol. The first-order valence-electron chi connectivity index (χ1n) is 6.64. The van der Waals surface area contributed by atoms with Gasteiger partial charge in [0.15, 0.2) is 0 Å². The fourth-order valence-electron chi connectivity index (χ4n) is 1.73. The van der Waals surface area contributed by atoms with Crippen molar-refractivity contribution in [2.24, 2.45) is 0 Å². The van der Waals surface area contributed by atoms with Gasteiger partial charge in [-0.25, -0.2) is 0 Å². The van der Waals surface area contributed by atoms with Crippen LogP contribution in [0.1, 0.15) is 43.9 Å². The molecule has 1 atom stereocenters. The van der Waals surface area contributed by atoms with Crippen LogP contribution in [0.15, 0.2) is 24.3 Å². The standard InChI is InChI=1S/C14H21N3O2S/c1-4-5-10-17(3)20(18,19)16-12(2)14-8-6-13(11-15)7-9-14/h6-9,12,16H,4-5,10H2,1-3H3. The molecule has 1 rings (SSSR count). The summed E-state index contributed by atoms with van der Waals surface area (Å²) in [4.78, 5) is 0. The van der Waals surface area contributed by atoms with Crippen molar-refractivity contribution >= 4 is 10.2 Å². The molecular formula is C14H21N3O2S. The largest absolute Gasteiger partial charge is 0.279 e. The van der Waals surface area contributed by atoms with Crippen LogP contribution in [0.4, 0.5) is 0 Å². The molecule has 110 valence electrons. The van der Waals surface area contributed by atoms with Gasteiger partial charge in [-0.15, -0.1) is 0 Å². The van der Waals surface area contributed by atoms with Crippen molar-refractivity contribution in [3.63, 3.8) is 0 Å². The molecule has 1 N–H and O–H groups in total. The van der Waals surface area contributed by atoms with Gasteiger partial charge < -0.3 is 0 Å². The summed E-state index contributed by atoms with van der Waals surface area (Å²) in [5.41, 5.74) is 1.39. The summed E-state index contributed by atoms with van der Waals surface area (Å²) >= 11 is 0. The van der Waals surface area contributed by atoms with E-state index in [9.17, 15) is 8.42 Å². The lowest BCUT2D eigenvalue weighted by Gasteiger charge is -2.21. The molecule has 0 saturated carbocycles. The highest BCUT2D eigenvalue weighted by Crippen LogP contribution is 2.15. The molecule has 1 aromatic rings. The van der Waals surface area contributed by atoms with Crippen molar-refractivity contribution < 1.29 is 8.42 Å². The lowest BCUT2D eigenvalue weighted by atomic mass is 10.1. The van der Waals surface area contributed by atoms with Crippen molar-refractivity contribution in [2.45, 2.75) is 32.7 Å². The van der Waals surface area contributed by atoms with Gasteiger partial charge >= 0.3 is 0 Å². The van der Waals surface area contributed by atoms with Crippen molar-refractivity contribution in [1.29, 1.82) is 5.26 Å². The highest BCUT2D eigenvalue weighted by Gasteiger charge is 2.20. The second kappa shape index (κ2) is 7.39. The SMILES string of the molecule is CCCCN(C)S(=O)(=O)NC(C)c1ccc(C#N)cc1. The van der Waals surface area contributed by atoms with Crippen molar-refractivity contribution in [2.75, 3.05) is 13.6 Å². The number of nitrogens with zero attached hydrogens (tertiary/aromatic N) is 2. The lowest BCUT2D eigenvalue weighted by Crippen LogP contribution is -2.39. The number of nitriles is 1. The average molecular weight is 295 g/mol. The molecule has 0 spiro atoms. The van der Waals surface area contributed by atoms with Crippen molar-refractivity contribution in [3.05, 3.63) is 35.4 Å². The molecule has 0 aromatic heterocycles. The fourth-order valence-corrected chi connectivity index (χ4v) is 2.86. The smallest absolute Gasteiger partial charge is 0.195 e. The molecule has 0 aliphatic carbocycles. The van der Waals surface area contributed by atoms with Crippen LogP contribution in [0.2, 0.25) is 0 Å². The van der Waals surface area contributed by atoms with Gasteiger partial charge in [-0.3, -0.25) is 0 Å². The molecule has 0 saturated heterocycles. The minimum atomic E-state index is -3.48. The Morgan fingerprint density at radius 2 is 1.95 bits per heavy atom. The maximum absolute atomic E-state index is 12.1. The Bertz CT molecular complexity index is 561. The molecule has 0 aliphatic rings. The Kier molecular flexibility index (Phi) is 6.14. The highest BCUT2D eigenvalue weighted by molar-refractivity contribution is 7.87. The van der Waals surface area contributed by atoms with Gasteiger partial charge in [0, 0.05) is 19.6 Å². The van der Waals surface area contributed by atoms with E-state index in [4.69, 9.17) is 5.26 Å². The van der Waals surface area contributed by atoms with Crippen molar-refractivity contribution in [1.82, 2.24) is 9.03 Å². The van der Waals surface area contributed by atoms with Crippen molar-refractivity contribution in [3.8, 4) is 6.07 Å². The number of hydrogen-bond donors (Lipinski definition) is 1. The topological polar surface area (TPSA) is 73.2 Å². The summed E-state index contributed by atoms with van der Waals surface area (Å²) in [6.07, 6.45) is 1.79. The van der Waals surface area contributed by atoms with Gasteiger partial charge in [-0.05, 0) is 31.0 Å². The minimum Gasteiger partial charge on any atom is -0.195 e. The van der Waals surface area contributed by atoms with E-state index < -0.39 is 10.2 Å². The van der Waals surface area contributed by atoms with E-state index in [0.29, 0.717) is 12.1 Å². The molecule has 0 amide bonds. The summed E-state index contributed by atoms with van der Waals surface area (Å²) in [6, 6.07) is 8.59. The zero-order chi connectivity index (χ0) is 15.2. The zero-order valence-electron chi connectivity index (χ0n) is 12.1. The van der Waals surface area contributed by atoms with E-state index in [1.54, 1.807) is 38.2 Å². The number of unbranched alkanes of at least 4 members (excludes halogenated alkanes) is 1.